The van der Waals surface area contributed by atoms with Crippen LogP contribution in [-0.2, 0) is 0 Å². The summed E-state index contributed by atoms with van der Waals surface area (Å²) in [7, 11) is 0. The van der Waals surface area contributed by atoms with Crippen molar-refractivity contribution in [3.8, 4) is 0 Å². The number of hydrogen-bond donors (Lipinski definition) is 2. The topological polar surface area (TPSA) is 50.4 Å². The first-order valence-electron chi connectivity index (χ1n) is 7.93. The number of guanidine groups is 1. The van der Waals surface area contributed by atoms with Gasteiger partial charge in [0.15, 0.2) is 5.96 Å². The smallest absolute Gasteiger partial charge is 0.198 e. The molecule has 3 rings (SSSR count). The first-order chi connectivity index (χ1) is 11.6. The second kappa shape index (κ2) is 6.71. The SMILES string of the molecule is CC(C)c1ccccc1N=C(N)Nc1ccc(F)c2ccccc12. The van der Waals surface area contributed by atoms with Crippen LogP contribution in [0.3, 0.4) is 0 Å². The highest BCUT2D eigenvalue weighted by atomic mass is 19.1. The number of hydrogen-bond acceptors (Lipinski definition) is 1. The van der Waals surface area contributed by atoms with Crippen molar-refractivity contribution in [2.45, 2.75) is 19.8 Å². The number of nitrogens with two attached hydrogens (primary N) is 1. The van der Waals surface area contributed by atoms with Crippen LogP contribution >= 0.6 is 0 Å². The average Bonchev–Trinajstić information content (AvgIpc) is 2.58. The predicted molar refractivity (Wildman–Crippen MR) is 99.3 cm³/mol. The van der Waals surface area contributed by atoms with E-state index in [1.165, 1.54) is 6.07 Å². The van der Waals surface area contributed by atoms with Crippen molar-refractivity contribution in [3.63, 3.8) is 0 Å². The molecule has 0 bridgehead atoms. The second-order valence-corrected chi connectivity index (χ2v) is 5.98. The molecule has 0 unspecified atom stereocenters. The van der Waals surface area contributed by atoms with Crippen molar-refractivity contribution >= 4 is 28.1 Å². The van der Waals surface area contributed by atoms with E-state index in [9.17, 15) is 4.39 Å². The van der Waals surface area contributed by atoms with Crippen LogP contribution in [0.4, 0.5) is 15.8 Å². The predicted octanol–water partition coefficient (Wildman–Crippen LogP) is 5.16. The molecule has 0 aromatic heterocycles. The molecule has 0 aliphatic rings. The van der Waals surface area contributed by atoms with E-state index in [0.717, 1.165) is 22.3 Å². The molecule has 0 atom stereocenters. The summed E-state index contributed by atoms with van der Waals surface area (Å²) in [6.45, 7) is 4.23. The van der Waals surface area contributed by atoms with Gasteiger partial charge in [-0.2, -0.15) is 0 Å². The number of halogens is 1. The van der Waals surface area contributed by atoms with Crippen LogP contribution in [0.25, 0.3) is 10.8 Å². The fraction of sp³-hybridized carbons (Fsp3) is 0.150. The molecule has 4 heteroatoms. The second-order valence-electron chi connectivity index (χ2n) is 5.98. The van der Waals surface area contributed by atoms with Gasteiger partial charge in [0.05, 0.1) is 5.69 Å². The third-order valence-corrected chi connectivity index (χ3v) is 3.93. The van der Waals surface area contributed by atoms with Gasteiger partial charge in [0.2, 0.25) is 0 Å². The molecule has 0 amide bonds. The lowest BCUT2D eigenvalue weighted by atomic mass is 10.0. The van der Waals surface area contributed by atoms with E-state index in [1.807, 2.05) is 42.5 Å². The molecule has 0 spiro atoms. The molecule has 3 N–H and O–H groups in total. The third kappa shape index (κ3) is 3.23. The Bertz CT molecular complexity index is 900. The van der Waals surface area contributed by atoms with E-state index in [1.54, 1.807) is 12.1 Å². The van der Waals surface area contributed by atoms with Crippen LogP contribution in [0.15, 0.2) is 65.7 Å². The summed E-state index contributed by atoms with van der Waals surface area (Å²) in [4.78, 5) is 4.49. The van der Waals surface area contributed by atoms with Gasteiger partial charge in [-0.3, -0.25) is 0 Å². The highest BCUT2D eigenvalue weighted by Crippen LogP contribution is 2.28. The zero-order chi connectivity index (χ0) is 17.1. The number of nitrogens with zero attached hydrogens (tertiary/aromatic N) is 1. The zero-order valence-electron chi connectivity index (χ0n) is 13.8. The van der Waals surface area contributed by atoms with Gasteiger partial charge in [-0.15, -0.1) is 0 Å². The molecule has 3 aromatic carbocycles. The molecular formula is C20H20FN3. The Morgan fingerprint density at radius 2 is 1.62 bits per heavy atom. The van der Waals surface area contributed by atoms with E-state index in [2.05, 4.69) is 24.2 Å². The van der Waals surface area contributed by atoms with Crippen molar-refractivity contribution in [3.05, 3.63) is 72.0 Å². The first kappa shape index (κ1) is 16.0. The highest BCUT2D eigenvalue weighted by molar-refractivity contribution is 6.03. The Balaban J connectivity index is 1.96. The molecule has 24 heavy (non-hydrogen) atoms. The van der Waals surface area contributed by atoms with E-state index < -0.39 is 0 Å². The molecule has 0 saturated carbocycles. The Hall–Kier alpha value is -2.88. The van der Waals surface area contributed by atoms with Gasteiger partial charge in [-0.05, 0) is 29.7 Å². The van der Waals surface area contributed by atoms with Crippen molar-refractivity contribution < 1.29 is 4.39 Å². The maximum absolute atomic E-state index is 13.9. The largest absolute Gasteiger partial charge is 0.369 e. The van der Waals surface area contributed by atoms with Gasteiger partial charge < -0.3 is 11.1 Å². The fourth-order valence-corrected chi connectivity index (χ4v) is 2.74. The summed E-state index contributed by atoms with van der Waals surface area (Å²) in [5.41, 5.74) is 8.78. The molecule has 0 aliphatic carbocycles. The number of fused-ring (bicyclic) bond motifs is 1. The fourth-order valence-electron chi connectivity index (χ4n) is 2.74. The molecule has 3 aromatic rings. The standard InChI is InChI=1S/C20H20FN3/c1-13(2)14-7-5-6-10-18(14)23-20(22)24-19-12-11-17(21)15-8-3-4-9-16(15)19/h3-13H,1-2H3,(H3,22,23,24). The minimum absolute atomic E-state index is 0.253. The molecular weight excluding hydrogens is 301 g/mol. The van der Waals surface area contributed by atoms with Crippen molar-refractivity contribution in [2.24, 2.45) is 10.7 Å². The van der Waals surface area contributed by atoms with Crippen molar-refractivity contribution in [2.75, 3.05) is 5.32 Å². The van der Waals surface area contributed by atoms with Gasteiger partial charge in [0, 0.05) is 16.5 Å². The number of anilines is 1. The highest BCUT2D eigenvalue weighted by Gasteiger charge is 2.08. The van der Waals surface area contributed by atoms with Crippen LogP contribution in [0.2, 0.25) is 0 Å². The molecule has 0 heterocycles. The maximum Gasteiger partial charge on any atom is 0.198 e. The Morgan fingerprint density at radius 1 is 0.958 bits per heavy atom. The monoisotopic (exact) mass is 321 g/mol. The number of para-hydroxylation sites is 1. The number of aliphatic imine (C=N–C) groups is 1. The molecule has 3 nitrogen and oxygen atoms in total. The zero-order valence-corrected chi connectivity index (χ0v) is 13.8. The normalized spacial score (nSPS) is 11.9. The van der Waals surface area contributed by atoms with Gasteiger partial charge in [-0.25, -0.2) is 9.38 Å². The minimum atomic E-state index is -0.253. The van der Waals surface area contributed by atoms with Crippen LogP contribution in [0, 0.1) is 5.82 Å². The number of nitrogens with one attached hydrogen (secondary N) is 1. The van der Waals surface area contributed by atoms with E-state index >= 15 is 0 Å². The molecule has 122 valence electrons. The van der Waals surface area contributed by atoms with E-state index in [0.29, 0.717) is 11.3 Å². The molecule has 0 aliphatic heterocycles. The van der Waals surface area contributed by atoms with Crippen LogP contribution in [-0.4, -0.2) is 5.96 Å². The van der Waals surface area contributed by atoms with Gasteiger partial charge in [-0.1, -0.05) is 56.3 Å². The lowest BCUT2D eigenvalue weighted by Gasteiger charge is -2.12. The van der Waals surface area contributed by atoms with Crippen LogP contribution < -0.4 is 11.1 Å². The van der Waals surface area contributed by atoms with Gasteiger partial charge >= 0.3 is 0 Å². The van der Waals surface area contributed by atoms with Gasteiger partial charge in [0.1, 0.15) is 5.82 Å². The van der Waals surface area contributed by atoms with Crippen molar-refractivity contribution in [1.82, 2.24) is 0 Å². The molecule has 0 saturated heterocycles. The van der Waals surface area contributed by atoms with Crippen LogP contribution in [0.1, 0.15) is 25.3 Å². The first-order valence-corrected chi connectivity index (χ1v) is 7.93. The summed E-state index contributed by atoms with van der Waals surface area (Å²) < 4.78 is 13.9. The van der Waals surface area contributed by atoms with Crippen LogP contribution in [0.5, 0.6) is 0 Å². The van der Waals surface area contributed by atoms with E-state index in [4.69, 9.17) is 5.73 Å². The van der Waals surface area contributed by atoms with Crippen molar-refractivity contribution in [1.29, 1.82) is 0 Å². The minimum Gasteiger partial charge on any atom is -0.369 e. The molecule has 0 fully saturated rings. The Kier molecular flexibility index (Phi) is 4.47. The van der Waals surface area contributed by atoms with Gasteiger partial charge in [0.25, 0.3) is 0 Å². The summed E-state index contributed by atoms with van der Waals surface area (Å²) in [5, 5.41) is 4.41. The molecule has 0 radical (unpaired) electrons. The summed E-state index contributed by atoms with van der Waals surface area (Å²) in [6, 6.07) is 18.3. The number of benzene rings is 3. The quantitative estimate of drug-likeness (QED) is 0.517. The third-order valence-electron chi connectivity index (χ3n) is 3.93. The Labute approximate surface area is 141 Å². The average molecular weight is 321 g/mol. The Morgan fingerprint density at radius 3 is 2.38 bits per heavy atom. The summed E-state index contributed by atoms with van der Waals surface area (Å²) in [5.74, 6) is 0.376. The maximum atomic E-state index is 13.9. The summed E-state index contributed by atoms with van der Waals surface area (Å²) in [6.07, 6.45) is 0. The summed E-state index contributed by atoms with van der Waals surface area (Å²) >= 11 is 0. The lowest BCUT2D eigenvalue weighted by molar-refractivity contribution is 0.640. The lowest BCUT2D eigenvalue weighted by Crippen LogP contribution is -2.22. The van der Waals surface area contributed by atoms with E-state index in [-0.39, 0.29) is 11.8 Å². The number of rotatable bonds is 3.